The minimum Gasteiger partial charge on any atom is -0.314 e. The van der Waals surface area contributed by atoms with Gasteiger partial charge in [-0.25, -0.2) is 8.42 Å². The molecule has 5 nitrogen and oxygen atoms in total. The van der Waals surface area contributed by atoms with E-state index in [0.29, 0.717) is 27.3 Å². The van der Waals surface area contributed by atoms with Gasteiger partial charge in [-0.2, -0.15) is 4.99 Å². The van der Waals surface area contributed by atoms with Gasteiger partial charge in [-0.1, -0.05) is 48.8 Å². The molecule has 2 aliphatic heterocycles. The maximum atomic E-state index is 12.2. The van der Waals surface area contributed by atoms with Crippen LogP contribution in [0.5, 0.6) is 0 Å². The Hall–Kier alpha value is -0.760. The molecular weight excluding hydrogens is 403 g/mol. The zero-order valence-electron chi connectivity index (χ0n) is 13.8. The molecule has 2 aliphatic rings. The number of carbonyl (C=O) groups excluding carboxylic acids is 1. The number of fused-ring (bicyclic) bond motifs is 1. The fourth-order valence-electron chi connectivity index (χ4n) is 3.02. The van der Waals surface area contributed by atoms with E-state index in [-0.39, 0.29) is 34.6 Å². The molecule has 0 aromatic heterocycles. The third-order valence-electron chi connectivity index (χ3n) is 4.04. The molecule has 0 radical (unpaired) electrons. The van der Waals surface area contributed by atoms with E-state index in [1.165, 1.54) is 11.8 Å². The second-order valence-electron chi connectivity index (χ2n) is 6.65. The Labute approximate surface area is 161 Å². The number of amidine groups is 1. The average Bonchev–Trinajstić information content (AvgIpc) is 2.92. The van der Waals surface area contributed by atoms with Crippen LogP contribution in [0.4, 0.5) is 5.69 Å². The number of hydrogen-bond donors (Lipinski definition) is 0. The molecule has 0 saturated carbocycles. The summed E-state index contributed by atoms with van der Waals surface area (Å²) in [5.74, 6) is 0.0779. The SMILES string of the molecule is CC(C)CC(=O)N=C1SC2CS(=O)(=O)CC2N1c1cc(Cl)ccc1Cl. The molecule has 2 saturated heterocycles. The van der Waals surface area contributed by atoms with Crippen LogP contribution in [0.15, 0.2) is 23.2 Å². The average molecular weight is 421 g/mol. The Bertz CT molecular complexity index is 840. The molecule has 2 heterocycles. The molecular formula is C16H18Cl2N2O3S2. The lowest BCUT2D eigenvalue weighted by molar-refractivity contribution is -0.118. The fourth-order valence-corrected chi connectivity index (χ4v) is 7.32. The number of amides is 1. The van der Waals surface area contributed by atoms with Crippen LogP contribution in [-0.2, 0) is 14.6 Å². The number of nitrogens with zero attached hydrogens (tertiary/aromatic N) is 2. The highest BCUT2D eigenvalue weighted by Crippen LogP contribution is 2.43. The van der Waals surface area contributed by atoms with Crippen LogP contribution in [0.1, 0.15) is 20.3 Å². The molecule has 2 fully saturated rings. The van der Waals surface area contributed by atoms with Gasteiger partial charge in [0.2, 0.25) is 5.91 Å². The van der Waals surface area contributed by atoms with Crippen molar-refractivity contribution in [2.24, 2.45) is 10.9 Å². The number of halogens is 2. The molecule has 0 bridgehead atoms. The molecule has 9 heteroatoms. The Morgan fingerprint density at radius 1 is 1.36 bits per heavy atom. The van der Waals surface area contributed by atoms with Gasteiger partial charge in [0.25, 0.3) is 0 Å². The number of aliphatic imine (C=N–C) groups is 1. The van der Waals surface area contributed by atoms with Gasteiger partial charge in [-0.15, -0.1) is 0 Å². The predicted molar refractivity (Wildman–Crippen MR) is 105 cm³/mol. The lowest BCUT2D eigenvalue weighted by Crippen LogP contribution is -2.38. The van der Waals surface area contributed by atoms with Gasteiger partial charge < -0.3 is 4.90 Å². The van der Waals surface area contributed by atoms with Crippen molar-refractivity contribution in [3.05, 3.63) is 28.2 Å². The van der Waals surface area contributed by atoms with E-state index in [4.69, 9.17) is 23.2 Å². The molecule has 1 aromatic rings. The zero-order valence-corrected chi connectivity index (χ0v) is 16.9. The lowest BCUT2D eigenvalue weighted by atomic mass is 10.1. The minimum absolute atomic E-state index is 0.0187. The largest absolute Gasteiger partial charge is 0.314 e. The molecule has 3 rings (SSSR count). The molecule has 2 atom stereocenters. The standard InChI is InChI=1S/C16H18Cl2N2O3S2/c1-9(2)5-15(21)19-16-20(12-6-10(17)3-4-11(12)18)13-7-25(22,23)8-14(13)24-16/h3-4,6,9,13-14H,5,7-8H2,1-2H3. The van der Waals surface area contributed by atoms with Crippen LogP contribution in [0.25, 0.3) is 0 Å². The second kappa shape index (κ2) is 7.10. The fraction of sp³-hybridized carbons (Fsp3) is 0.500. The monoisotopic (exact) mass is 420 g/mol. The maximum Gasteiger partial charge on any atom is 0.248 e. The van der Waals surface area contributed by atoms with E-state index in [1.54, 1.807) is 23.1 Å². The number of rotatable bonds is 3. The van der Waals surface area contributed by atoms with Crippen molar-refractivity contribution < 1.29 is 13.2 Å². The first-order valence-corrected chi connectivity index (χ1v) is 11.3. The van der Waals surface area contributed by atoms with Crippen molar-refractivity contribution in [3.8, 4) is 0 Å². The zero-order chi connectivity index (χ0) is 18.4. The Morgan fingerprint density at radius 3 is 2.76 bits per heavy atom. The summed E-state index contributed by atoms with van der Waals surface area (Å²) in [5, 5.41) is 1.27. The number of hydrogen-bond acceptors (Lipinski definition) is 4. The minimum atomic E-state index is -3.12. The van der Waals surface area contributed by atoms with Crippen molar-refractivity contribution in [2.75, 3.05) is 16.4 Å². The van der Waals surface area contributed by atoms with Crippen LogP contribution in [-0.4, -0.2) is 42.3 Å². The van der Waals surface area contributed by atoms with Crippen molar-refractivity contribution in [2.45, 2.75) is 31.6 Å². The summed E-state index contributed by atoms with van der Waals surface area (Å²) in [5.41, 5.74) is 0.586. The van der Waals surface area contributed by atoms with E-state index >= 15 is 0 Å². The number of thioether (sulfide) groups is 1. The summed E-state index contributed by atoms with van der Waals surface area (Å²) in [6.45, 7) is 3.90. The van der Waals surface area contributed by atoms with Crippen LogP contribution >= 0.6 is 35.0 Å². The molecule has 0 spiro atoms. The van der Waals surface area contributed by atoms with E-state index < -0.39 is 9.84 Å². The Kier molecular flexibility index (Phi) is 5.40. The summed E-state index contributed by atoms with van der Waals surface area (Å²) < 4.78 is 24.1. The number of benzene rings is 1. The van der Waals surface area contributed by atoms with E-state index in [9.17, 15) is 13.2 Å². The summed E-state index contributed by atoms with van der Waals surface area (Å²) in [6.07, 6.45) is 0.342. The highest BCUT2D eigenvalue weighted by molar-refractivity contribution is 8.16. The summed E-state index contributed by atoms with van der Waals surface area (Å²) >= 11 is 13.8. The molecule has 1 aromatic carbocycles. The third kappa shape index (κ3) is 4.15. The van der Waals surface area contributed by atoms with E-state index in [1.807, 2.05) is 13.8 Å². The number of carbonyl (C=O) groups is 1. The molecule has 0 aliphatic carbocycles. The van der Waals surface area contributed by atoms with Gasteiger partial charge in [-0.05, 0) is 24.1 Å². The molecule has 1 amide bonds. The van der Waals surface area contributed by atoms with Crippen LogP contribution in [0, 0.1) is 5.92 Å². The highest BCUT2D eigenvalue weighted by Gasteiger charge is 2.49. The first kappa shape index (κ1) is 19.0. The normalized spacial score (nSPS) is 26.4. The lowest BCUT2D eigenvalue weighted by Gasteiger charge is -2.25. The topological polar surface area (TPSA) is 66.8 Å². The Morgan fingerprint density at radius 2 is 2.08 bits per heavy atom. The second-order valence-corrected chi connectivity index (χ2v) is 10.9. The van der Waals surface area contributed by atoms with Crippen LogP contribution < -0.4 is 4.90 Å². The summed E-state index contributed by atoms with van der Waals surface area (Å²) in [4.78, 5) is 18.2. The molecule has 136 valence electrons. The quantitative estimate of drug-likeness (QED) is 0.746. The van der Waals surface area contributed by atoms with Crippen molar-refractivity contribution >= 4 is 61.6 Å². The van der Waals surface area contributed by atoms with Crippen LogP contribution in [0.2, 0.25) is 10.0 Å². The predicted octanol–water partition coefficient (Wildman–Crippen LogP) is 3.64. The Balaban J connectivity index is 2.02. The maximum absolute atomic E-state index is 12.2. The summed E-state index contributed by atoms with van der Waals surface area (Å²) in [6, 6.07) is 4.71. The van der Waals surface area contributed by atoms with Crippen LogP contribution in [0.3, 0.4) is 0 Å². The molecule has 25 heavy (non-hydrogen) atoms. The van der Waals surface area contributed by atoms with Gasteiger partial charge in [0, 0.05) is 16.7 Å². The van der Waals surface area contributed by atoms with Gasteiger partial charge in [0.1, 0.15) is 0 Å². The van der Waals surface area contributed by atoms with E-state index in [0.717, 1.165) is 0 Å². The van der Waals surface area contributed by atoms with Crippen molar-refractivity contribution in [1.29, 1.82) is 0 Å². The van der Waals surface area contributed by atoms with Gasteiger partial charge in [-0.3, -0.25) is 4.79 Å². The van der Waals surface area contributed by atoms with Crippen molar-refractivity contribution in [1.82, 2.24) is 0 Å². The first-order valence-electron chi connectivity index (χ1n) is 7.89. The van der Waals surface area contributed by atoms with Gasteiger partial charge in [0.15, 0.2) is 15.0 Å². The number of anilines is 1. The highest BCUT2D eigenvalue weighted by atomic mass is 35.5. The summed E-state index contributed by atoms with van der Waals surface area (Å²) in [7, 11) is -3.12. The number of sulfone groups is 1. The van der Waals surface area contributed by atoms with Gasteiger partial charge >= 0.3 is 0 Å². The molecule has 0 N–H and O–H groups in total. The molecule has 2 unspecified atom stereocenters. The van der Waals surface area contributed by atoms with E-state index in [2.05, 4.69) is 4.99 Å². The first-order chi connectivity index (χ1) is 11.7. The van der Waals surface area contributed by atoms with Gasteiger partial charge in [0.05, 0.1) is 28.3 Å². The third-order valence-corrected chi connectivity index (χ3v) is 7.80. The van der Waals surface area contributed by atoms with Crippen molar-refractivity contribution in [3.63, 3.8) is 0 Å². The smallest absolute Gasteiger partial charge is 0.248 e.